The molecule has 71 heavy (non-hydrogen) atoms. The lowest BCUT2D eigenvalue weighted by atomic mass is 9.84. The van der Waals surface area contributed by atoms with Crippen LogP contribution in [0.15, 0.2) is 63.5 Å². The van der Waals surface area contributed by atoms with Crippen molar-refractivity contribution in [1.82, 2.24) is 10.0 Å². The summed E-state index contributed by atoms with van der Waals surface area (Å²) in [5.41, 5.74) is -0.511. The average Bonchev–Trinajstić information content (AvgIpc) is 3.99. The van der Waals surface area contributed by atoms with Crippen molar-refractivity contribution in [3.05, 3.63) is 43.9 Å². The van der Waals surface area contributed by atoms with E-state index in [1.807, 2.05) is 34.6 Å². The van der Waals surface area contributed by atoms with Crippen LogP contribution in [0.2, 0.25) is 0 Å². The van der Waals surface area contributed by atoms with Gasteiger partial charge in [0, 0.05) is 30.7 Å². The molecule has 2 amide bonds. The fraction of sp³-hybridized carbons (Fsp3) is 0.569. The van der Waals surface area contributed by atoms with Gasteiger partial charge in [-0.25, -0.2) is 29.2 Å². The molecule has 3 aliphatic rings. The normalized spacial score (nSPS) is 15.0. The molecule has 2 unspecified atom stereocenters. The second-order valence-corrected chi connectivity index (χ2v) is 23.2. The molecule has 0 aromatic heterocycles. The Bertz CT molecular complexity index is 2260. The number of amides is 2. The second-order valence-electron chi connectivity index (χ2n) is 18.6. The molecule has 16 nitrogen and oxygen atoms in total. The third-order valence-electron chi connectivity index (χ3n) is 10.9. The molecule has 0 radical (unpaired) electrons. The van der Waals surface area contributed by atoms with Crippen LogP contribution >= 0.6 is 47.0 Å². The quantitative estimate of drug-likeness (QED) is 0.0161. The first-order valence-electron chi connectivity index (χ1n) is 24.1. The van der Waals surface area contributed by atoms with Gasteiger partial charge in [-0.2, -0.15) is 0 Å². The molecule has 1 aromatic rings. The molecule has 390 valence electrons. The molecule has 0 N–H and O–H groups in total. The number of esters is 6. The number of hydrogen-bond donors (Lipinski definition) is 0. The molecule has 4 rings (SSSR count). The van der Waals surface area contributed by atoms with E-state index < -0.39 is 72.3 Å². The lowest BCUT2D eigenvalue weighted by molar-refractivity contribution is -0.153. The molecule has 1 aromatic carbocycles. The van der Waals surface area contributed by atoms with E-state index in [1.54, 1.807) is 0 Å². The molecule has 20 heteroatoms. The van der Waals surface area contributed by atoms with E-state index in [4.69, 9.17) is 28.4 Å². The van der Waals surface area contributed by atoms with E-state index in [0.29, 0.717) is 59.2 Å². The van der Waals surface area contributed by atoms with E-state index >= 15 is 0 Å². The minimum Gasteiger partial charge on any atom is -0.459 e. The number of fused-ring (bicyclic) bond motifs is 2. The second kappa shape index (κ2) is 27.4. The van der Waals surface area contributed by atoms with E-state index in [0.717, 1.165) is 72.7 Å². The van der Waals surface area contributed by atoms with Crippen LogP contribution in [-0.2, 0) is 57.3 Å². The van der Waals surface area contributed by atoms with Crippen molar-refractivity contribution in [2.24, 2.45) is 17.3 Å². The number of thioether (sulfide) groups is 4. The summed E-state index contributed by atoms with van der Waals surface area (Å²) in [5.74, 6) is -6.39. The molecular weight excluding hydrogens is 993 g/mol. The van der Waals surface area contributed by atoms with E-state index in [2.05, 4.69) is 33.9 Å². The molecule has 0 aliphatic carbocycles. The zero-order valence-corrected chi connectivity index (χ0v) is 45.9. The molecule has 1 fully saturated rings. The maximum absolute atomic E-state index is 14.3. The monoisotopic (exact) mass is 1060 g/mol. The van der Waals surface area contributed by atoms with Crippen LogP contribution in [0.25, 0.3) is 0 Å². The first-order valence-corrected chi connectivity index (χ1v) is 27.3. The van der Waals surface area contributed by atoms with Gasteiger partial charge in [0.1, 0.15) is 32.0 Å². The van der Waals surface area contributed by atoms with Gasteiger partial charge in [-0.05, 0) is 57.3 Å². The number of rotatable bonds is 26. The molecule has 1 saturated heterocycles. The highest BCUT2D eigenvalue weighted by Gasteiger charge is 2.47. The topological polar surface area (TPSA) is 198 Å². The van der Waals surface area contributed by atoms with Crippen LogP contribution in [0, 0.1) is 17.3 Å². The van der Waals surface area contributed by atoms with Gasteiger partial charge in [-0.1, -0.05) is 141 Å². The summed E-state index contributed by atoms with van der Waals surface area (Å²) < 4.78 is 34.1. The zero-order chi connectivity index (χ0) is 52.7. The number of hydrazine groups is 1. The Hall–Kier alpha value is -4.66. The molecule has 3 heterocycles. The van der Waals surface area contributed by atoms with Gasteiger partial charge in [-0.3, -0.25) is 19.2 Å². The molecular formula is C51H68N2O14S4. The number of unbranched alkanes of at least 4 members (excludes halogenated alkanes) is 3. The average molecular weight is 1060 g/mol. The number of hydrogen-bond acceptors (Lipinski definition) is 18. The fourth-order valence-electron chi connectivity index (χ4n) is 7.45. The van der Waals surface area contributed by atoms with E-state index in [-0.39, 0.29) is 73.2 Å². The van der Waals surface area contributed by atoms with Crippen LogP contribution < -0.4 is 9.47 Å². The third kappa shape index (κ3) is 15.9. The zero-order valence-electron chi connectivity index (χ0n) is 42.6. The van der Waals surface area contributed by atoms with Gasteiger partial charge < -0.3 is 28.4 Å². The van der Waals surface area contributed by atoms with E-state index in [9.17, 15) is 38.4 Å². The predicted octanol–water partition coefficient (Wildman–Crippen LogP) is 10.5. The molecule has 3 aliphatic heterocycles. The van der Waals surface area contributed by atoms with Crippen LogP contribution in [0.4, 0.5) is 0 Å². The molecule has 0 bridgehead atoms. The van der Waals surface area contributed by atoms with Crippen molar-refractivity contribution in [2.75, 3.05) is 39.5 Å². The largest absolute Gasteiger partial charge is 0.459 e. The van der Waals surface area contributed by atoms with Crippen molar-refractivity contribution in [3.63, 3.8) is 0 Å². The smallest absolute Gasteiger partial charge is 0.347 e. The van der Waals surface area contributed by atoms with Gasteiger partial charge >= 0.3 is 35.8 Å². The summed E-state index contributed by atoms with van der Waals surface area (Å²) in [4.78, 5) is 110. The Labute approximate surface area is 434 Å². The molecule has 2 atom stereocenters. The lowest BCUT2D eigenvalue weighted by Gasteiger charge is -2.27. The van der Waals surface area contributed by atoms with Gasteiger partial charge in [0.05, 0.1) is 34.0 Å². The van der Waals surface area contributed by atoms with Crippen LogP contribution in [0.5, 0.6) is 11.5 Å². The highest BCUT2D eigenvalue weighted by molar-refractivity contribution is 8.26. The van der Waals surface area contributed by atoms with Crippen molar-refractivity contribution < 1.29 is 66.8 Å². The summed E-state index contributed by atoms with van der Waals surface area (Å²) in [7, 11) is 0. The van der Waals surface area contributed by atoms with Crippen LogP contribution in [0.1, 0.15) is 133 Å². The first kappa shape index (κ1) is 58.9. The maximum Gasteiger partial charge on any atom is 0.347 e. The Balaban J connectivity index is 1.96. The van der Waals surface area contributed by atoms with Gasteiger partial charge in [0.2, 0.25) is 0 Å². The summed E-state index contributed by atoms with van der Waals surface area (Å²) in [6.07, 6.45) is 6.22. The van der Waals surface area contributed by atoms with Crippen LogP contribution in [0.3, 0.4) is 0 Å². The number of benzene rings is 1. The number of nitrogens with zero attached hydrogens (tertiary/aromatic N) is 2. The predicted molar refractivity (Wildman–Crippen MR) is 273 cm³/mol. The Morgan fingerprint density at radius 1 is 0.620 bits per heavy atom. The van der Waals surface area contributed by atoms with Crippen molar-refractivity contribution >= 4 is 94.7 Å². The number of ether oxygens (including phenoxy) is 6. The summed E-state index contributed by atoms with van der Waals surface area (Å²) >= 11 is 3.84. The summed E-state index contributed by atoms with van der Waals surface area (Å²) in [6.45, 7) is 25.0. The molecule has 0 spiro atoms. The Morgan fingerprint density at radius 3 is 1.45 bits per heavy atom. The SMILES string of the molecule is C=C(C)C(=O)OCCOC(=O)C(C(=O)OCCOC(=O)C(=C)C)=C1Sc2c(OC(=O)CC(C)CC(C)(C)C)c3c(c(OC(=O)C(CC)CCCC)c2S1)SC(=C1C(=O)N(CCCC)N(CCCC)C1=O)S3. The number of carbonyl (C=O) groups excluding carboxylic acids is 8. The standard InChI is InChI=1S/C51H68N2O14S4/c1-13-17-20-32(16-4)46(59)67-37-40-38(68-49(69-40)34-42(55)52(21-18-14-2)53(43(34)56)22-19-15-3)36(66-33(54)27-31(9)28-51(10,11)12)39-41(37)71-50(70-39)35(47(60)64-25-23-62-44(57)29(5)6)48(61)65-26-24-63-45(58)30(7)8/h31-32H,5,7,13-28H2,1-4,6,8-12H3. The summed E-state index contributed by atoms with van der Waals surface area (Å²) in [5, 5.41) is 2.98. The summed E-state index contributed by atoms with van der Waals surface area (Å²) in [6, 6.07) is 0. The Kier molecular flexibility index (Phi) is 22.7. The minimum absolute atomic E-state index is 0.00174. The highest BCUT2D eigenvalue weighted by atomic mass is 32.2. The minimum atomic E-state index is -1.16. The maximum atomic E-state index is 14.3. The van der Waals surface area contributed by atoms with Crippen molar-refractivity contribution in [3.8, 4) is 11.5 Å². The Morgan fingerprint density at radius 2 is 1.04 bits per heavy atom. The highest BCUT2D eigenvalue weighted by Crippen LogP contribution is 2.69. The van der Waals surface area contributed by atoms with E-state index in [1.165, 1.54) is 23.9 Å². The van der Waals surface area contributed by atoms with Gasteiger partial charge in [0.25, 0.3) is 11.8 Å². The third-order valence-corrected chi connectivity index (χ3v) is 16.1. The molecule has 0 saturated carbocycles. The van der Waals surface area contributed by atoms with Crippen molar-refractivity contribution in [1.29, 1.82) is 0 Å². The first-order chi connectivity index (χ1) is 33.6. The van der Waals surface area contributed by atoms with Gasteiger partial charge in [-0.15, -0.1) is 0 Å². The number of carbonyl (C=O) groups is 8. The fourth-order valence-corrected chi connectivity index (χ4v) is 12.9. The van der Waals surface area contributed by atoms with Gasteiger partial charge in [0.15, 0.2) is 17.1 Å². The van der Waals surface area contributed by atoms with Crippen LogP contribution in [-0.4, -0.2) is 97.2 Å². The lowest BCUT2D eigenvalue weighted by Crippen LogP contribution is -2.42. The van der Waals surface area contributed by atoms with Crippen molar-refractivity contribution in [2.45, 2.75) is 153 Å².